The van der Waals surface area contributed by atoms with Gasteiger partial charge >= 0.3 is 6.09 Å². The lowest BCUT2D eigenvalue weighted by molar-refractivity contribution is 0.0173. The van der Waals surface area contributed by atoms with Crippen LogP contribution in [-0.2, 0) is 16.0 Å². The number of carbonyl (C=O) groups is 2. The molecular formula is C28H35FN6O4S. The van der Waals surface area contributed by atoms with Gasteiger partial charge in [0.05, 0.1) is 24.4 Å². The zero-order chi connectivity index (χ0) is 28.8. The lowest BCUT2D eigenvalue weighted by Crippen LogP contribution is -2.49. The van der Waals surface area contributed by atoms with Crippen molar-refractivity contribution in [3.8, 4) is 0 Å². The average molecular weight is 571 g/mol. The molecule has 1 fully saturated rings. The van der Waals surface area contributed by atoms with Crippen LogP contribution >= 0.6 is 11.3 Å². The molecule has 0 bridgehead atoms. The number of ether oxygens (including phenoxy) is 2. The molecule has 0 unspecified atom stereocenters. The van der Waals surface area contributed by atoms with Crippen molar-refractivity contribution in [3.05, 3.63) is 65.0 Å². The van der Waals surface area contributed by atoms with Crippen LogP contribution in [0.2, 0.25) is 0 Å². The van der Waals surface area contributed by atoms with Gasteiger partial charge in [-0.05, 0) is 63.9 Å². The molecule has 214 valence electrons. The summed E-state index contributed by atoms with van der Waals surface area (Å²) in [4.78, 5) is 36.9. The van der Waals surface area contributed by atoms with Crippen molar-refractivity contribution in [2.45, 2.75) is 51.3 Å². The van der Waals surface area contributed by atoms with Crippen LogP contribution in [0.15, 0.2) is 48.8 Å². The molecule has 4 rings (SSSR count). The van der Waals surface area contributed by atoms with Gasteiger partial charge in [0.2, 0.25) is 0 Å². The number of methoxy groups -OCH3 is 1. The molecule has 3 N–H and O–H groups in total. The van der Waals surface area contributed by atoms with E-state index in [4.69, 9.17) is 9.47 Å². The summed E-state index contributed by atoms with van der Waals surface area (Å²) in [7, 11) is 1.56. The van der Waals surface area contributed by atoms with Crippen molar-refractivity contribution < 1.29 is 23.5 Å². The maximum atomic E-state index is 14.6. The van der Waals surface area contributed by atoms with Gasteiger partial charge in [-0.1, -0.05) is 17.4 Å². The smallest absolute Gasteiger partial charge is 0.410 e. The highest BCUT2D eigenvalue weighted by atomic mass is 32.1. The topological polar surface area (TPSA) is 118 Å². The first kappa shape index (κ1) is 29.2. The summed E-state index contributed by atoms with van der Waals surface area (Å²) in [6.07, 6.45) is 4.37. The number of carbonyl (C=O) groups excluding carboxylic acids is 2. The minimum Gasteiger partial charge on any atom is -0.444 e. The van der Waals surface area contributed by atoms with Crippen LogP contribution in [0.5, 0.6) is 0 Å². The largest absolute Gasteiger partial charge is 0.444 e. The number of anilines is 3. The van der Waals surface area contributed by atoms with E-state index in [1.807, 2.05) is 18.2 Å². The van der Waals surface area contributed by atoms with E-state index >= 15 is 0 Å². The first-order valence-electron chi connectivity index (χ1n) is 13.0. The number of pyridine rings is 1. The van der Waals surface area contributed by atoms with E-state index in [1.54, 1.807) is 45.2 Å². The van der Waals surface area contributed by atoms with E-state index in [9.17, 15) is 14.0 Å². The highest BCUT2D eigenvalue weighted by Gasteiger charge is 2.46. The van der Waals surface area contributed by atoms with Gasteiger partial charge in [-0.15, -0.1) is 0 Å². The van der Waals surface area contributed by atoms with Gasteiger partial charge in [0.15, 0.2) is 5.13 Å². The number of hydrogen-bond acceptors (Lipinski definition) is 9. The van der Waals surface area contributed by atoms with E-state index < -0.39 is 23.1 Å². The Labute approximate surface area is 237 Å². The summed E-state index contributed by atoms with van der Waals surface area (Å²) < 4.78 is 25.3. The number of aromatic nitrogens is 2. The van der Waals surface area contributed by atoms with Crippen LogP contribution < -0.4 is 16.0 Å². The van der Waals surface area contributed by atoms with Gasteiger partial charge in [0.1, 0.15) is 17.2 Å². The number of benzene rings is 1. The maximum Gasteiger partial charge on any atom is 0.410 e. The van der Waals surface area contributed by atoms with Crippen LogP contribution in [0.1, 0.15) is 48.8 Å². The first-order chi connectivity index (χ1) is 19.1. The molecule has 1 aliphatic rings. The standard InChI is InChI=1S/C28H35FN6O4S/c1-27(2,3)39-26(37)35(13-14-38-4)18-28(10-11-28)34-24(36)19-8-9-21(29)22(15-19)31-16-20-17-32-25(40-20)33-23-7-5-6-12-30-23/h5-9,12,15,17,31H,10-11,13-14,16,18H2,1-4H3,(H,34,36)(H,30,32,33). The Balaban J connectivity index is 1.36. The lowest BCUT2D eigenvalue weighted by atomic mass is 10.1. The molecule has 1 aliphatic carbocycles. The van der Waals surface area contributed by atoms with Gasteiger partial charge in [0.25, 0.3) is 5.91 Å². The van der Waals surface area contributed by atoms with Crippen LogP contribution in [-0.4, -0.2) is 64.8 Å². The SMILES string of the molecule is COCCN(CC1(NC(=O)c2ccc(F)c(NCc3cnc(Nc4ccccn4)s3)c2)CC1)C(=O)OC(C)(C)C. The second-order valence-electron chi connectivity index (χ2n) is 10.6. The highest BCUT2D eigenvalue weighted by Crippen LogP contribution is 2.37. The molecule has 2 heterocycles. The van der Waals surface area contributed by atoms with Crippen LogP contribution in [0.4, 0.5) is 25.8 Å². The number of hydrogen-bond donors (Lipinski definition) is 3. The molecule has 2 aromatic heterocycles. The summed E-state index contributed by atoms with van der Waals surface area (Å²) in [6.45, 7) is 6.73. The number of nitrogens with one attached hydrogen (secondary N) is 3. The molecule has 0 spiro atoms. The number of amides is 2. The highest BCUT2D eigenvalue weighted by molar-refractivity contribution is 7.15. The predicted molar refractivity (Wildman–Crippen MR) is 152 cm³/mol. The Morgan fingerprint density at radius 2 is 1.98 bits per heavy atom. The molecular weight excluding hydrogens is 535 g/mol. The minimum absolute atomic E-state index is 0.209. The number of nitrogens with zero attached hydrogens (tertiary/aromatic N) is 3. The second-order valence-corrected chi connectivity index (χ2v) is 11.8. The molecule has 40 heavy (non-hydrogen) atoms. The van der Waals surface area contributed by atoms with E-state index in [1.165, 1.54) is 29.5 Å². The van der Waals surface area contributed by atoms with E-state index in [0.717, 1.165) is 17.7 Å². The Bertz CT molecular complexity index is 1310. The zero-order valence-corrected chi connectivity index (χ0v) is 23.9. The average Bonchev–Trinajstić information content (AvgIpc) is 3.51. The maximum absolute atomic E-state index is 14.6. The van der Waals surface area contributed by atoms with Crippen molar-refractivity contribution in [2.75, 3.05) is 37.4 Å². The van der Waals surface area contributed by atoms with E-state index in [-0.39, 0.29) is 11.6 Å². The van der Waals surface area contributed by atoms with Gasteiger partial charge in [0, 0.05) is 43.0 Å². The van der Waals surface area contributed by atoms with Crippen LogP contribution in [0.25, 0.3) is 0 Å². The second kappa shape index (κ2) is 12.6. The molecule has 0 radical (unpaired) electrons. The van der Waals surface area contributed by atoms with Crippen molar-refractivity contribution in [3.63, 3.8) is 0 Å². The molecule has 12 heteroatoms. The molecule has 1 aromatic carbocycles. The fourth-order valence-electron chi connectivity index (χ4n) is 3.89. The molecule has 3 aromatic rings. The van der Waals surface area contributed by atoms with E-state index in [0.29, 0.717) is 42.8 Å². The first-order valence-corrected chi connectivity index (χ1v) is 13.8. The van der Waals surface area contributed by atoms with Crippen molar-refractivity contribution >= 4 is 40.0 Å². The van der Waals surface area contributed by atoms with Crippen LogP contribution in [0.3, 0.4) is 0 Å². The molecule has 2 amide bonds. The summed E-state index contributed by atoms with van der Waals surface area (Å²) >= 11 is 1.42. The third-order valence-corrected chi connectivity index (χ3v) is 6.99. The summed E-state index contributed by atoms with van der Waals surface area (Å²) in [6, 6.07) is 9.75. The Morgan fingerprint density at radius 1 is 1.18 bits per heavy atom. The van der Waals surface area contributed by atoms with Gasteiger partial charge in [-0.3, -0.25) is 4.79 Å². The lowest BCUT2D eigenvalue weighted by Gasteiger charge is -2.30. The molecule has 0 saturated heterocycles. The fraction of sp³-hybridized carbons (Fsp3) is 0.429. The number of halogens is 1. The number of thiazole rings is 1. The third-order valence-electron chi connectivity index (χ3n) is 6.08. The Morgan fingerprint density at radius 3 is 2.65 bits per heavy atom. The van der Waals surface area contributed by atoms with Crippen molar-refractivity contribution in [1.82, 2.24) is 20.2 Å². The van der Waals surface area contributed by atoms with Crippen molar-refractivity contribution in [2.24, 2.45) is 0 Å². The zero-order valence-electron chi connectivity index (χ0n) is 23.1. The van der Waals surface area contributed by atoms with Gasteiger partial charge in [-0.25, -0.2) is 19.2 Å². The molecule has 0 aliphatic heterocycles. The third kappa shape index (κ3) is 8.36. The van der Waals surface area contributed by atoms with Gasteiger partial charge in [-0.2, -0.15) is 0 Å². The van der Waals surface area contributed by atoms with Crippen molar-refractivity contribution in [1.29, 1.82) is 0 Å². The van der Waals surface area contributed by atoms with E-state index in [2.05, 4.69) is 25.9 Å². The number of rotatable bonds is 12. The quantitative estimate of drug-likeness (QED) is 0.273. The summed E-state index contributed by atoms with van der Waals surface area (Å²) in [5, 5.41) is 9.92. The Hall–Kier alpha value is -3.77. The van der Waals surface area contributed by atoms with Gasteiger partial charge < -0.3 is 30.3 Å². The minimum atomic E-state index is -0.643. The summed E-state index contributed by atoms with van der Waals surface area (Å²) in [5.41, 5.74) is -0.683. The Kier molecular flexibility index (Phi) is 9.21. The van der Waals surface area contributed by atoms with Crippen LogP contribution in [0, 0.1) is 5.82 Å². The summed E-state index contributed by atoms with van der Waals surface area (Å²) in [5.74, 6) is -0.122. The predicted octanol–water partition coefficient (Wildman–Crippen LogP) is 5.18. The molecule has 0 atom stereocenters. The molecule has 10 nitrogen and oxygen atoms in total. The monoisotopic (exact) mass is 570 g/mol. The normalized spacial score (nSPS) is 13.8. The fourth-order valence-corrected chi connectivity index (χ4v) is 4.65. The molecule has 1 saturated carbocycles.